The van der Waals surface area contributed by atoms with Gasteiger partial charge < -0.3 is 10.1 Å². The van der Waals surface area contributed by atoms with Crippen molar-refractivity contribution in [3.05, 3.63) is 53.2 Å². The molecule has 132 valence electrons. The van der Waals surface area contributed by atoms with Crippen LogP contribution in [-0.2, 0) is 6.18 Å². The summed E-state index contributed by atoms with van der Waals surface area (Å²) in [6.45, 7) is 0. The van der Waals surface area contributed by atoms with Gasteiger partial charge in [0.1, 0.15) is 5.75 Å². The van der Waals surface area contributed by atoms with Crippen LogP contribution in [0.4, 0.5) is 18.9 Å². The second-order valence-corrected chi connectivity index (χ2v) is 5.80. The van der Waals surface area contributed by atoms with E-state index in [1.807, 2.05) is 0 Å². The molecule has 0 aliphatic heterocycles. The Morgan fingerprint density at radius 3 is 2.68 bits per heavy atom. The summed E-state index contributed by atoms with van der Waals surface area (Å²) < 4.78 is 44.9. The number of nitrogens with one attached hydrogen (secondary N) is 1. The molecule has 4 nitrogen and oxygen atoms in total. The molecule has 1 aromatic carbocycles. The Morgan fingerprint density at radius 2 is 2.08 bits per heavy atom. The molecule has 3 rings (SSSR count). The number of rotatable bonds is 3. The van der Waals surface area contributed by atoms with E-state index in [0.717, 1.165) is 6.07 Å². The lowest BCUT2D eigenvalue weighted by molar-refractivity contribution is -0.138. The molecule has 0 aliphatic rings. The number of aromatic nitrogens is 1. The van der Waals surface area contributed by atoms with Gasteiger partial charge in [-0.3, -0.25) is 9.78 Å². The van der Waals surface area contributed by atoms with Gasteiger partial charge in [0, 0.05) is 21.7 Å². The summed E-state index contributed by atoms with van der Waals surface area (Å²) in [7, 11) is 1.18. The van der Waals surface area contributed by atoms with E-state index in [1.54, 1.807) is 18.3 Å². The number of pyridine rings is 1. The molecular weight excluding hydrogens is 377 g/mol. The van der Waals surface area contributed by atoms with Crippen molar-refractivity contribution < 1.29 is 22.7 Å². The van der Waals surface area contributed by atoms with E-state index in [0.29, 0.717) is 10.4 Å². The fourth-order valence-corrected chi connectivity index (χ4v) is 3.21. The first-order valence-corrected chi connectivity index (χ1v) is 7.66. The summed E-state index contributed by atoms with van der Waals surface area (Å²) in [6.07, 6.45) is -1.56. The number of hydrogen-bond acceptors (Lipinski definition) is 4. The second-order valence-electron chi connectivity index (χ2n) is 4.89. The van der Waals surface area contributed by atoms with Gasteiger partial charge in [-0.15, -0.1) is 23.7 Å². The van der Waals surface area contributed by atoms with Crippen LogP contribution < -0.4 is 10.1 Å². The van der Waals surface area contributed by atoms with Crippen molar-refractivity contribution in [1.82, 2.24) is 4.98 Å². The molecule has 0 atom stereocenters. The normalized spacial score (nSPS) is 11.0. The van der Waals surface area contributed by atoms with Crippen LogP contribution in [0, 0.1) is 0 Å². The minimum Gasteiger partial charge on any atom is -0.496 e. The van der Waals surface area contributed by atoms with E-state index >= 15 is 0 Å². The Bertz CT molecular complexity index is 898. The van der Waals surface area contributed by atoms with Crippen LogP contribution in [0.1, 0.15) is 15.9 Å². The Morgan fingerprint density at radius 1 is 1.32 bits per heavy atom. The van der Waals surface area contributed by atoms with Crippen LogP contribution in [0.2, 0.25) is 0 Å². The van der Waals surface area contributed by atoms with Crippen molar-refractivity contribution in [2.45, 2.75) is 6.18 Å². The highest BCUT2D eigenvalue weighted by atomic mass is 35.5. The van der Waals surface area contributed by atoms with Gasteiger partial charge >= 0.3 is 6.18 Å². The number of anilines is 1. The number of halogens is 4. The summed E-state index contributed by atoms with van der Waals surface area (Å²) in [4.78, 5) is 16.2. The summed E-state index contributed by atoms with van der Waals surface area (Å²) in [5.41, 5.74) is -0.273. The molecule has 0 aliphatic carbocycles. The van der Waals surface area contributed by atoms with Gasteiger partial charge in [-0.25, -0.2) is 0 Å². The third-order valence-electron chi connectivity index (χ3n) is 3.37. The van der Waals surface area contributed by atoms with Crippen molar-refractivity contribution in [3.63, 3.8) is 0 Å². The molecule has 1 N–H and O–H groups in total. The van der Waals surface area contributed by atoms with Crippen molar-refractivity contribution in [3.8, 4) is 5.75 Å². The number of carbonyl (C=O) groups excluding carboxylic acids is 1. The number of carbonyl (C=O) groups is 1. The zero-order valence-electron chi connectivity index (χ0n) is 12.8. The van der Waals surface area contributed by atoms with Gasteiger partial charge in [-0.1, -0.05) is 0 Å². The lowest BCUT2D eigenvalue weighted by Gasteiger charge is -2.12. The van der Waals surface area contributed by atoms with E-state index in [2.05, 4.69) is 10.3 Å². The van der Waals surface area contributed by atoms with E-state index in [-0.39, 0.29) is 29.1 Å². The maximum atomic E-state index is 13.2. The Balaban J connectivity index is 0.00000225. The topological polar surface area (TPSA) is 51.2 Å². The molecule has 2 aromatic heterocycles. The first-order valence-electron chi connectivity index (χ1n) is 6.78. The molecule has 0 fully saturated rings. The quantitative estimate of drug-likeness (QED) is 0.687. The number of amides is 1. The minimum atomic E-state index is -4.57. The maximum absolute atomic E-state index is 13.2. The van der Waals surface area contributed by atoms with Crippen LogP contribution in [0.5, 0.6) is 5.75 Å². The number of nitrogens with zero attached hydrogens (tertiary/aromatic N) is 1. The van der Waals surface area contributed by atoms with Crippen molar-refractivity contribution in [1.29, 1.82) is 0 Å². The summed E-state index contributed by atoms with van der Waals surface area (Å²) in [6, 6.07) is 5.53. The van der Waals surface area contributed by atoms with E-state index in [1.165, 1.54) is 36.1 Å². The zero-order valence-corrected chi connectivity index (χ0v) is 14.4. The predicted molar refractivity (Wildman–Crippen MR) is 92.8 cm³/mol. The lowest BCUT2D eigenvalue weighted by Crippen LogP contribution is -2.12. The minimum absolute atomic E-state index is 0. The largest absolute Gasteiger partial charge is 0.496 e. The van der Waals surface area contributed by atoms with Gasteiger partial charge in [-0.2, -0.15) is 13.2 Å². The zero-order chi connectivity index (χ0) is 17.3. The van der Waals surface area contributed by atoms with Gasteiger partial charge in [0.05, 0.1) is 30.1 Å². The van der Waals surface area contributed by atoms with E-state index < -0.39 is 17.6 Å². The van der Waals surface area contributed by atoms with Gasteiger partial charge in [0.25, 0.3) is 5.91 Å². The number of alkyl halides is 3. The number of benzene rings is 1. The average molecular weight is 389 g/mol. The molecule has 0 spiro atoms. The fraction of sp³-hybridized carbons (Fsp3) is 0.125. The highest BCUT2D eigenvalue weighted by molar-refractivity contribution is 7.17. The molecule has 0 bridgehead atoms. The first kappa shape index (κ1) is 19.0. The summed E-state index contributed by atoms with van der Waals surface area (Å²) in [5, 5.41) is 4.37. The van der Waals surface area contributed by atoms with Gasteiger partial charge in [-0.05, 0) is 24.3 Å². The molecule has 2 heterocycles. The van der Waals surface area contributed by atoms with Crippen LogP contribution in [0.3, 0.4) is 0 Å². The predicted octanol–water partition coefficient (Wildman–Crippen LogP) is 5.00. The van der Waals surface area contributed by atoms with Crippen LogP contribution in [0.25, 0.3) is 10.1 Å². The van der Waals surface area contributed by atoms with Crippen LogP contribution in [-0.4, -0.2) is 18.0 Å². The molecule has 0 saturated heterocycles. The molecular formula is C16H12ClF3N2O2S. The monoisotopic (exact) mass is 388 g/mol. The molecule has 0 unspecified atom stereocenters. The van der Waals surface area contributed by atoms with Crippen molar-refractivity contribution >= 4 is 45.4 Å². The highest BCUT2D eigenvalue weighted by Gasteiger charge is 2.35. The maximum Gasteiger partial charge on any atom is 0.419 e. The molecule has 0 radical (unpaired) electrons. The number of methoxy groups -OCH3 is 1. The molecule has 0 saturated carbocycles. The smallest absolute Gasteiger partial charge is 0.419 e. The Labute approximate surface area is 151 Å². The van der Waals surface area contributed by atoms with Gasteiger partial charge in [0.15, 0.2) is 0 Å². The SMILES string of the molecule is COc1cc2scc(C(=O)Nc3cccnc3)c2cc1C(F)(F)F.Cl. The average Bonchev–Trinajstić information content (AvgIpc) is 2.96. The third-order valence-corrected chi connectivity index (χ3v) is 4.31. The molecule has 25 heavy (non-hydrogen) atoms. The lowest BCUT2D eigenvalue weighted by atomic mass is 10.1. The fourth-order valence-electron chi connectivity index (χ4n) is 2.26. The summed E-state index contributed by atoms with van der Waals surface area (Å²) >= 11 is 1.18. The van der Waals surface area contributed by atoms with E-state index in [4.69, 9.17) is 4.74 Å². The Hall–Kier alpha value is -2.32. The highest BCUT2D eigenvalue weighted by Crippen LogP contribution is 2.41. The van der Waals surface area contributed by atoms with Crippen molar-refractivity contribution in [2.75, 3.05) is 12.4 Å². The number of ether oxygens (including phenoxy) is 1. The molecule has 1 amide bonds. The Kier molecular flexibility index (Phi) is 5.54. The molecule has 3 aromatic rings. The van der Waals surface area contributed by atoms with Crippen LogP contribution >= 0.6 is 23.7 Å². The van der Waals surface area contributed by atoms with Gasteiger partial charge in [0.2, 0.25) is 0 Å². The summed E-state index contributed by atoms with van der Waals surface area (Å²) in [5.74, 6) is -0.761. The third kappa shape index (κ3) is 3.85. The van der Waals surface area contributed by atoms with Crippen LogP contribution in [0.15, 0.2) is 42.0 Å². The second kappa shape index (κ2) is 7.28. The number of fused-ring (bicyclic) bond motifs is 1. The standard InChI is InChI=1S/C16H11F3N2O2S.ClH/c1-23-13-6-14-10(5-12(13)16(17,18)19)11(8-24-14)15(22)21-9-3-2-4-20-7-9;/h2-8H,1H3,(H,21,22);1H. The van der Waals surface area contributed by atoms with Crippen molar-refractivity contribution in [2.24, 2.45) is 0 Å². The van der Waals surface area contributed by atoms with E-state index in [9.17, 15) is 18.0 Å². The number of hydrogen-bond donors (Lipinski definition) is 1. The molecule has 9 heteroatoms. The number of thiophene rings is 1. The first-order chi connectivity index (χ1) is 11.4.